The van der Waals surface area contributed by atoms with Crippen LogP contribution in [0.2, 0.25) is 0 Å². The Morgan fingerprint density at radius 2 is 2.33 bits per heavy atom. The Balaban J connectivity index is 1.97. The normalized spacial score (nSPS) is 46.4. The molecule has 0 radical (unpaired) electrons. The van der Waals surface area contributed by atoms with Gasteiger partial charge in [0.2, 0.25) is 0 Å². The maximum Gasteiger partial charge on any atom is 0.320 e. The fraction of sp³-hybridized carbons (Fsp3) is 0.833. The standard InChI is InChI=1S/C6H9NO2/c8-6(9)5-2-3-1-4(3)7-5/h3-5,7H,1-2H2,(H,8,9)/t3-,4-,5-/m1/s1. The molecule has 3 atom stereocenters. The Kier molecular flexibility index (Phi) is 0.858. The number of carbonyl (C=O) groups is 1. The van der Waals surface area contributed by atoms with Crippen molar-refractivity contribution in [3.05, 3.63) is 0 Å². The molecule has 2 aliphatic rings. The molecule has 1 aliphatic heterocycles. The summed E-state index contributed by atoms with van der Waals surface area (Å²) in [5, 5.41) is 11.5. The molecule has 0 bridgehead atoms. The summed E-state index contributed by atoms with van der Waals surface area (Å²) < 4.78 is 0. The molecule has 2 fully saturated rings. The van der Waals surface area contributed by atoms with Crippen molar-refractivity contribution in [2.45, 2.75) is 24.9 Å². The van der Waals surface area contributed by atoms with Crippen LogP contribution < -0.4 is 5.32 Å². The maximum atomic E-state index is 10.3. The molecule has 1 saturated carbocycles. The van der Waals surface area contributed by atoms with Crippen molar-refractivity contribution in [1.29, 1.82) is 0 Å². The Morgan fingerprint density at radius 3 is 2.67 bits per heavy atom. The van der Waals surface area contributed by atoms with Gasteiger partial charge in [0.15, 0.2) is 0 Å². The third-order valence-electron chi connectivity index (χ3n) is 2.17. The van der Waals surface area contributed by atoms with Crippen LogP contribution >= 0.6 is 0 Å². The fourth-order valence-corrected chi connectivity index (χ4v) is 1.51. The van der Waals surface area contributed by atoms with Gasteiger partial charge in [0.25, 0.3) is 0 Å². The Bertz CT molecular complexity index is 147. The summed E-state index contributed by atoms with van der Waals surface area (Å²) in [5.74, 6) is -0.00620. The second-order valence-corrected chi connectivity index (χ2v) is 2.90. The maximum absolute atomic E-state index is 10.3. The zero-order valence-electron chi connectivity index (χ0n) is 5.00. The van der Waals surface area contributed by atoms with Crippen molar-refractivity contribution in [3.8, 4) is 0 Å². The van der Waals surface area contributed by atoms with E-state index in [0.29, 0.717) is 12.0 Å². The second kappa shape index (κ2) is 1.48. The lowest BCUT2D eigenvalue weighted by Gasteiger charge is -2.04. The highest BCUT2D eigenvalue weighted by atomic mass is 16.4. The third kappa shape index (κ3) is 0.721. The molecule has 2 rings (SSSR count). The van der Waals surface area contributed by atoms with Gasteiger partial charge in [0.1, 0.15) is 6.04 Å². The van der Waals surface area contributed by atoms with E-state index >= 15 is 0 Å². The summed E-state index contributed by atoms with van der Waals surface area (Å²) >= 11 is 0. The van der Waals surface area contributed by atoms with E-state index in [0.717, 1.165) is 6.42 Å². The van der Waals surface area contributed by atoms with Crippen molar-refractivity contribution < 1.29 is 9.90 Å². The fourth-order valence-electron chi connectivity index (χ4n) is 1.51. The highest BCUT2D eigenvalue weighted by molar-refractivity contribution is 5.74. The van der Waals surface area contributed by atoms with E-state index in [9.17, 15) is 4.79 Å². The number of carboxylic acid groups (broad SMARTS) is 1. The van der Waals surface area contributed by atoms with E-state index in [1.165, 1.54) is 6.42 Å². The first-order valence-corrected chi connectivity index (χ1v) is 3.26. The number of aliphatic carboxylic acids is 1. The number of nitrogens with one attached hydrogen (secondary N) is 1. The molecule has 0 aromatic heterocycles. The highest BCUT2D eigenvalue weighted by Crippen LogP contribution is 2.40. The van der Waals surface area contributed by atoms with Crippen molar-refractivity contribution in [3.63, 3.8) is 0 Å². The van der Waals surface area contributed by atoms with Gasteiger partial charge in [0, 0.05) is 6.04 Å². The lowest BCUT2D eigenvalue weighted by atomic mass is 10.2. The summed E-state index contributed by atoms with van der Waals surface area (Å²) in [6.07, 6.45) is 2.05. The molecule has 3 nitrogen and oxygen atoms in total. The topological polar surface area (TPSA) is 49.3 Å². The summed E-state index contributed by atoms with van der Waals surface area (Å²) in [7, 11) is 0. The smallest absolute Gasteiger partial charge is 0.320 e. The van der Waals surface area contributed by atoms with E-state index in [1.807, 2.05) is 0 Å². The zero-order chi connectivity index (χ0) is 6.43. The summed E-state index contributed by atoms with van der Waals surface area (Å²) in [4.78, 5) is 10.3. The molecule has 3 heteroatoms. The van der Waals surface area contributed by atoms with Crippen LogP contribution in [0.25, 0.3) is 0 Å². The van der Waals surface area contributed by atoms with Gasteiger partial charge < -0.3 is 10.4 Å². The largest absolute Gasteiger partial charge is 0.480 e. The van der Waals surface area contributed by atoms with Gasteiger partial charge >= 0.3 is 5.97 Å². The minimum Gasteiger partial charge on any atom is -0.480 e. The van der Waals surface area contributed by atoms with Crippen LogP contribution in [-0.2, 0) is 4.79 Å². The number of fused-ring (bicyclic) bond motifs is 1. The predicted octanol–water partition coefficient (Wildman–Crippen LogP) is -0.179. The summed E-state index contributed by atoms with van der Waals surface area (Å²) in [6, 6.07) is 0.305. The molecule has 0 unspecified atom stereocenters. The number of rotatable bonds is 1. The first kappa shape index (κ1) is 5.23. The van der Waals surface area contributed by atoms with Gasteiger partial charge in [0.05, 0.1) is 0 Å². The minimum absolute atomic E-state index is 0.242. The van der Waals surface area contributed by atoms with Crippen LogP contribution in [0.15, 0.2) is 0 Å². The average molecular weight is 127 g/mol. The molecule has 0 aromatic rings. The Morgan fingerprint density at radius 1 is 1.56 bits per heavy atom. The van der Waals surface area contributed by atoms with Gasteiger partial charge in [-0.3, -0.25) is 4.79 Å². The average Bonchev–Trinajstić information content (AvgIpc) is 2.40. The van der Waals surface area contributed by atoms with Crippen LogP contribution in [0, 0.1) is 5.92 Å². The molecule has 0 amide bonds. The molecule has 2 N–H and O–H groups in total. The van der Waals surface area contributed by atoms with Gasteiger partial charge in [-0.25, -0.2) is 0 Å². The summed E-state index contributed by atoms with van der Waals surface area (Å²) in [5.41, 5.74) is 0. The highest BCUT2D eigenvalue weighted by Gasteiger charge is 2.47. The third-order valence-corrected chi connectivity index (χ3v) is 2.17. The molecule has 9 heavy (non-hydrogen) atoms. The molecule has 1 saturated heterocycles. The van der Waals surface area contributed by atoms with E-state index in [-0.39, 0.29) is 6.04 Å². The van der Waals surface area contributed by atoms with Crippen molar-refractivity contribution in [1.82, 2.24) is 5.32 Å². The molecule has 1 aliphatic carbocycles. The summed E-state index contributed by atoms with van der Waals surface area (Å²) in [6.45, 7) is 0. The number of carboxylic acids is 1. The van der Waals surface area contributed by atoms with E-state index in [1.54, 1.807) is 0 Å². The van der Waals surface area contributed by atoms with Crippen molar-refractivity contribution in [2.24, 2.45) is 5.92 Å². The van der Waals surface area contributed by atoms with E-state index < -0.39 is 5.97 Å². The first-order chi connectivity index (χ1) is 4.27. The van der Waals surface area contributed by atoms with Crippen LogP contribution in [0.4, 0.5) is 0 Å². The lowest BCUT2D eigenvalue weighted by Crippen LogP contribution is -2.33. The molecular weight excluding hydrogens is 118 g/mol. The first-order valence-electron chi connectivity index (χ1n) is 3.26. The molecule has 0 spiro atoms. The zero-order valence-corrected chi connectivity index (χ0v) is 5.00. The number of hydrogen-bond acceptors (Lipinski definition) is 2. The van der Waals surface area contributed by atoms with Crippen LogP contribution in [0.1, 0.15) is 12.8 Å². The predicted molar refractivity (Wildman–Crippen MR) is 31.1 cm³/mol. The Labute approximate surface area is 53.1 Å². The number of piperidine rings is 1. The SMILES string of the molecule is O=C(O)[C@H]1C[C@H]2C[C@H]2N1. The molecule has 50 valence electrons. The quantitative estimate of drug-likeness (QED) is 0.513. The van der Waals surface area contributed by atoms with Gasteiger partial charge in [-0.15, -0.1) is 0 Å². The van der Waals surface area contributed by atoms with E-state index in [2.05, 4.69) is 5.32 Å². The molecule has 0 aromatic carbocycles. The van der Waals surface area contributed by atoms with Gasteiger partial charge in [-0.2, -0.15) is 0 Å². The second-order valence-electron chi connectivity index (χ2n) is 2.90. The Hall–Kier alpha value is -0.570. The molecular formula is C6H9NO2. The lowest BCUT2D eigenvalue weighted by molar-refractivity contribution is -0.139. The number of hydrogen-bond donors (Lipinski definition) is 2. The minimum atomic E-state index is -0.692. The van der Waals surface area contributed by atoms with Gasteiger partial charge in [-0.1, -0.05) is 0 Å². The van der Waals surface area contributed by atoms with Crippen molar-refractivity contribution in [2.75, 3.05) is 0 Å². The molecule has 1 heterocycles. The van der Waals surface area contributed by atoms with Crippen LogP contribution in [0.3, 0.4) is 0 Å². The van der Waals surface area contributed by atoms with Crippen LogP contribution in [0.5, 0.6) is 0 Å². The monoisotopic (exact) mass is 127 g/mol. The van der Waals surface area contributed by atoms with Crippen molar-refractivity contribution >= 4 is 5.97 Å². The van der Waals surface area contributed by atoms with E-state index in [4.69, 9.17) is 5.11 Å². The van der Waals surface area contributed by atoms with Gasteiger partial charge in [-0.05, 0) is 18.8 Å². The van der Waals surface area contributed by atoms with Crippen LogP contribution in [-0.4, -0.2) is 23.2 Å².